The van der Waals surface area contributed by atoms with Gasteiger partial charge >= 0.3 is 0 Å². The van der Waals surface area contributed by atoms with Crippen LogP contribution < -0.4 is 4.90 Å². The van der Waals surface area contributed by atoms with Crippen LogP contribution >= 0.6 is 0 Å². The number of anilines is 2. The third-order valence-corrected chi connectivity index (χ3v) is 3.36. The van der Waals surface area contributed by atoms with Gasteiger partial charge in [-0.25, -0.2) is 0 Å². The number of rotatable bonds is 3. The normalized spacial score (nSPS) is 13.9. The fourth-order valence-electron chi connectivity index (χ4n) is 2.39. The van der Waals surface area contributed by atoms with Crippen LogP contribution in [-0.4, -0.2) is 5.11 Å². The molecule has 2 aromatic carbocycles. The molecular formula is C18H17NO. The number of phenols is 1. The molecule has 0 radical (unpaired) electrons. The smallest absolute Gasteiger partial charge is 0.115 e. The summed E-state index contributed by atoms with van der Waals surface area (Å²) < 4.78 is 0. The Bertz CT molecular complexity index is 626. The van der Waals surface area contributed by atoms with E-state index in [1.807, 2.05) is 30.3 Å². The number of aromatic hydroxyl groups is 1. The van der Waals surface area contributed by atoms with E-state index in [-0.39, 0.29) is 5.75 Å². The van der Waals surface area contributed by atoms with Gasteiger partial charge < -0.3 is 10.0 Å². The first-order valence-electron chi connectivity index (χ1n) is 6.85. The van der Waals surface area contributed by atoms with E-state index in [0.717, 1.165) is 24.2 Å². The van der Waals surface area contributed by atoms with Crippen LogP contribution in [0.3, 0.4) is 0 Å². The molecule has 2 heteroatoms. The van der Waals surface area contributed by atoms with Gasteiger partial charge in [-0.3, -0.25) is 0 Å². The molecule has 20 heavy (non-hydrogen) atoms. The summed E-state index contributed by atoms with van der Waals surface area (Å²) in [4.78, 5) is 2.20. The summed E-state index contributed by atoms with van der Waals surface area (Å²) in [7, 11) is 0. The van der Waals surface area contributed by atoms with Crippen molar-refractivity contribution in [2.75, 3.05) is 4.90 Å². The van der Waals surface area contributed by atoms with Gasteiger partial charge in [0.2, 0.25) is 0 Å². The summed E-state index contributed by atoms with van der Waals surface area (Å²) >= 11 is 0. The van der Waals surface area contributed by atoms with Gasteiger partial charge in [0.25, 0.3) is 0 Å². The Morgan fingerprint density at radius 2 is 1.50 bits per heavy atom. The van der Waals surface area contributed by atoms with Crippen molar-refractivity contribution >= 4 is 11.4 Å². The highest BCUT2D eigenvalue weighted by Crippen LogP contribution is 2.32. The van der Waals surface area contributed by atoms with Crippen LogP contribution in [0.4, 0.5) is 11.4 Å². The average Bonchev–Trinajstić information content (AvgIpc) is 2.52. The van der Waals surface area contributed by atoms with Gasteiger partial charge in [0.05, 0.1) is 0 Å². The first kappa shape index (κ1) is 12.5. The van der Waals surface area contributed by atoms with Crippen LogP contribution in [0.25, 0.3) is 0 Å². The Kier molecular flexibility index (Phi) is 3.55. The molecule has 0 bridgehead atoms. The van der Waals surface area contributed by atoms with Crippen molar-refractivity contribution in [2.45, 2.75) is 12.8 Å². The summed E-state index contributed by atoms with van der Waals surface area (Å²) in [6.07, 6.45) is 8.77. The second-order valence-corrected chi connectivity index (χ2v) is 4.80. The number of allylic oxidation sites excluding steroid dienone is 3. The van der Waals surface area contributed by atoms with E-state index in [0.29, 0.717) is 0 Å². The van der Waals surface area contributed by atoms with Crippen molar-refractivity contribution in [2.24, 2.45) is 0 Å². The Balaban J connectivity index is 2.06. The lowest BCUT2D eigenvalue weighted by atomic mass is 10.1. The molecule has 1 N–H and O–H groups in total. The summed E-state index contributed by atoms with van der Waals surface area (Å²) in [5.74, 6) is 0.287. The van der Waals surface area contributed by atoms with E-state index in [1.54, 1.807) is 12.1 Å². The maximum Gasteiger partial charge on any atom is 0.115 e. The average molecular weight is 263 g/mol. The Hall–Kier alpha value is -2.48. The molecule has 0 amide bonds. The predicted molar refractivity (Wildman–Crippen MR) is 83.1 cm³/mol. The van der Waals surface area contributed by atoms with Crippen molar-refractivity contribution in [3.05, 3.63) is 78.5 Å². The first-order valence-corrected chi connectivity index (χ1v) is 6.85. The maximum atomic E-state index is 9.47. The molecule has 0 aromatic heterocycles. The van der Waals surface area contributed by atoms with Crippen LogP contribution in [0.15, 0.2) is 78.5 Å². The Morgan fingerprint density at radius 1 is 0.800 bits per heavy atom. The number of hydrogen-bond donors (Lipinski definition) is 1. The zero-order valence-electron chi connectivity index (χ0n) is 11.2. The van der Waals surface area contributed by atoms with Crippen LogP contribution in [0.2, 0.25) is 0 Å². The van der Waals surface area contributed by atoms with E-state index < -0.39 is 0 Å². The zero-order valence-corrected chi connectivity index (χ0v) is 11.2. The molecule has 2 nitrogen and oxygen atoms in total. The maximum absolute atomic E-state index is 9.47. The predicted octanol–water partition coefficient (Wildman–Crippen LogP) is 4.76. The van der Waals surface area contributed by atoms with Crippen molar-refractivity contribution in [1.29, 1.82) is 0 Å². The minimum Gasteiger partial charge on any atom is -0.508 e. The summed E-state index contributed by atoms with van der Waals surface area (Å²) in [5, 5.41) is 9.47. The standard InChI is InChI=1S/C18H17NO/c20-18-13-11-17(12-14-18)19(15-7-3-1-4-8-15)16-9-5-2-6-10-16/h1,3-5,7-14,20H,2,6H2. The monoisotopic (exact) mass is 263 g/mol. The Labute approximate surface area is 119 Å². The molecule has 1 aliphatic rings. The largest absolute Gasteiger partial charge is 0.508 e. The second kappa shape index (κ2) is 5.66. The van der Waals surface area contributed by atoms with Gasteiger partial charge in [-0.2, -0.15) is 0 Å². The Morgan fingerprint density at radius 3 is 2.15 bits per heavy atom. The van der Waals surface area contributed by atoms with Crippen LogP contribution in [-0.2, 0) is 0 Å². The lowest BCUT2D eigenvalue weighted by Crippen LogP contribution is -2.15. The molecule has 0 heterocycles. The molecule has 3 rings (SSSR count). The summed E-state index contributed by atoms with van der Waals surface area (Å²) in [6.45, 7) is 0. The van der Waals surface area contributed by atoms with Gasteiger partial charge in [-0.05, 0) is 55.3 Å². The second-order valence-electron chi connectivity index (χ2n) is 4.80. The number of phenolic OH excluding ortho intramolecular Hbond substituents is 1. The molecule has 0 saturated heterocycles. The molecular weight excluding hydrogens is 246 g/mol. The molecule has 0 aliphatic heterocycles. The number of nitrogens with zero attached hydrogens (tertiary/aromatic N) is 1. The lowest BCUT2D eigenvalue weighted by Gasteiger charge is -2.27. The minimum atomic E-state index is 0.287. The van der Waals surface area contributed by atoms with E-state index in [4.69, 9.17) is 0 Å². The van der Waals surface area contributed by atoms with Gasteiger partial charge in [-0.15, -0.1) is 0 Å². The molecule has 2 aromatic rings. The topological polar surface area (TPSA) is 23.5 Å². The van der Waals surface area contributed by atoms with Crippen molar-refractivity contribution in [3.63, 3.8) is 0 Å². The highest BCUT2D eigenvalue weighted by Gasteiger charge is 2.13. The number of hydrogen-bond acceptors (Lipinski definition) is 2. The molecule has 1 aliphatic carbocycles. The van der Waals surface area contributed by atoms with E-state index in [9.17, 15) is 5.11 Å². The van der Waals surface area contributed by atoms with E-state index in [2.05, 4.69) is 35.3 Å². The van der Waals surface area contributed by atoms with Crippen LogP contribution in [0.1, 0.15) is 12.8 Å². The first-order chi connectivity index (χ1) is 9.84. The van der Waals surface area contributed by atoms with Crippen LogP contribution in [0, 0.1) is 0 Å². The zero-order chi connectivity index (χ0) is 13.8. The quantitative estimate of drug-likeness (QED) is 0.862. The summed E-state index contributed by atoms with van der Waals surface area (Å²) in [6, 6.07) is 17.6. The molecule has 0 saturated carbocycles. The highest BCUT2D eigenvalue weighted by molar-refractivity contribution is 5.70. The third kappa shape index (κ3) is 2.59. The van der Waals surface area contributed by atoms with E-state index in [1.165, 1.54) is 5.70 Å². The minimum absolute atomic E-state index is 0.287. The van der Waals surface area contributed by atoms with Gasteiger partial charge in [0.15, 0.2) is 0 Å². The molecule has 0 spiro atoms. The highest BCUT2D eigenvalue weighted by atomic mass is 16.3. The number of benzene rings is 2. The molecule has 0 fully saturated rings. The third-order valence-electron chi connectivity index (χ3n) is 3.36. The SMILES string of the molecule is Oc1ccc(N(C2=CCCC=C2)c2ccccc2)cc1. The molecule has 0 unspecified atom stereocenters. The van der Waals surface area contributed by atoms with Crippen molar-refractivity contribution in [1.82, 2.24) is 0 Å². The van der Waals surface area contributed by atoms with Crippen LogP contribution in [0.5, 0.6) is 5.75 Å². The van der Waals surface area contributed by atoms with Gasteiger partial charge in [-0.1, -0.05) is 30.4 Å². The summed E-state index contributed by atoms with van der Waals surface area (Å²) in [5.41, 5.74) is 3.34. The molecule has 0 atom stereocenters. The van der Waals surface area contributed by atoms with Crippen molar-refractivity contribution < 1.29 is 5.11 Å². The van der Waals surface area contributed by atoms with Gasteiger partial charge in [0, 0.05) is 17.1 Å². The van der Waals surface area contributed by atoms with Gasteiger partial charge in [0.1, 0.15) is 5.75 Å². The fraction of sp³-hybridized carbons (Fsp3) is 0.111. The fourth-order valence-corrected chi connectivity index (χ4v) is 2.39. The van der Waals surface area contributed by atoms with E-state index >= 15 is 0 Å². The lowest BCUT2D eigenvalue weighted by molar-refractivity contribution is 0.475. The van der Waals surface area contributed by atoms with Crippen molar-refractivity contribution in [3.8, 4) is 5.75 Å². The number of para-hydroxylation sites is 1. The molecule has 100 valence electrons.